The Morgan fingerprint density at radius 1 is 1.12 bits per heavy atom. The molecule has 1 aliphatic heterocycles. The van der Waals surface area contributed by atoms with Crippen LogP contribution in [0.3, 0.4) is 0 Å². The Morgan fingerprint density at radius 2 is 1.88 bits per heavy atom. The molecule has 2 aromatic carbocycles. The molecule has 0 aliphatic carbocycles. The summed E-state index contributed by atoms with van der Waals surface area (Å²) >= 11 is 0. The number of pyridine rings is 1. The number of aromatic carboxylic acids is 1. The molecule has 4 rings (SSSR count). The van der Waals surface area contributed by atoms with Crippen LogP contribution in [-0.2, 0) is 16.1 Å². The fraction of sp³-hybridized carbons (Fsp3) is 0.292. The van der Waals surface area contributed by atoms with Crippen LogP contribution in [0.1, 0.15) is 15.9 Å². The van der Waals surface area contributed by atoms with Crippen molar-refractivity contribution in [1.82, 2.24) is 9.88 Å². The van der Waals surface area contributed by atoms with Gasteiger partial charge in [0.2, 0.25) is 5.91 Å². The summed E-state index contributed by atoms with van der Waals surface area (Å²) in [6.45, 7) is 3.16. The number of nitrogens with one attached hydrogen (secondary N) is 1. The molecule has 172 valence electrons. The Bertz CT molecular complexity index is 1180. The number of aromatic nitrogens is 1. The molecular weight excluding hydrogens is 427 g/mol. The number of ether oxygens (including phenoxy) is 1. The van der Waals surface area contributed by atoms with Crippen molar-refractivity contribution in [2.24, 2.45) is 0 Å². The average Bonchev–Trinajstić information content (AvgIpc) is 2.80. The van der Waals surface area contributed by atoms with E-state index < -0.39 is 5.97 Å². The highest BCUT2D eigenvalue weighted by atomic mass is 19.1. The smallest absolute Gasteiger partial charge is 0.336 e. The van der Waals surface area contributed by atoms with Crippen LogP contribution in [0.4, 0.5) is 15.9 Å². The van der Waals surface area contributed by atoms with Crippen molar-refractivity contribution in [3.8, 4) is 0 Å². The molecule has 0 saturated carbocycles. The number of benzene rings is 2. The lowest BCUT2D eigenvalue weighted by molar-refractivity contribution is -0.119. The molecule has 0 radical (unpaired) electrons. The van der Waals surface area contributed by atoms with E-state index in [9.17, 15) is 19.1 Å². The summed E-state index contributed by atoms with van der Waals surface area (Å²) in [4.78, 5) is 32.6. The van der Waals surface area contributed by atoms with Gasteiger partial charge in [-0.2, -0.15) is 0 Å². The standard InChI is InChI=1S/C24H25FN4O4/c1-33-15-23(30)26-17-6-7-21-18(12-17)19(24(31)32)13-22(27-21)29-10-8-28(9-11-29)14-16-4-2-3-5-20(16)25/h2-7,12-13H,8-11,14-15H2,1H3,(H,26,30)(H,31,32). The van der Waals surface area contributed by atoms with Crippen molar-refractivity contribution in [2.75, 3.05) is 50.1 Å². The maximum absolute atomic E-state index is 14.0. The third kappa shape index (κ3) is 5.27. The van der Waals surface area contributed by atoms with Gasteiger partial charge in [0, 0.05) is 56.5 Å². The van der Waals surface area contributed by atoms with E-state index in [0.29, 0.717) is 60.7 Å². The first kappa shape index (κ1) is 22.6. The Morgan fingerprint density at radius 3 is 2.58 bits per heavy atom. The Labute approximate surface area is 190 Å². The highest BCUT2D eigenvalue weighted by Crippen LogP contribution is 2.27. The maximum atomic E-state index is 14.0. The number of carbonyl (C=O) groups is 2. The van der Waals surface area contributed by atoms with Crippen molar-refractivity contribution in [3.05, 3.63) is 65.5 Å². The van der Waals surface area contributed by atoms with E-state index in [2.05, 4.69) is 15.2 Å². The topological polar surface area (TPSA) is 95.0 Å². The number of amides is 1. The van der Waals surface area contributed by atoms with Crippen LogP contribution in [0.15, 0.2) is 48.5 Å². The predicted octanol–water partition coefficient (Wildman–Crippen LogP) is 2.98. The van der Waals surface area contributed by atoms with Crippen LogP contribution in [-0.4, -0.2) is 66.8 Å². The summed E-state index contributed by atoms with van der Waals surface area (Å²) in [5.74, 6) is -1.02. The minimum absolute atomic E-state index is 0.0933. The van der Waals surface area contributed by atoms with Crippen molar-refractivity contribution in [2.45, 2.75) is 6.54 Å². The van der Waals surface area contributed by atoms with Gasteiger partial charge in [0.15, 0.2) is 0 Å². The molecule has 1 fully saturated rings. The van der Waals surface area contributed by atoms with Crippen molar-refractivity contribution in [1.29, 1.82) is 0 Å². The third-order valence-electron chi connectivity index (χ3n) is 5.63. The average molecular weight is 452 g/mol. The Hall–Kier alpha value is -3.56. The van der Waals surface area contributed by atoms with Gasteiger partial charge in [-0.25, -0.2) is 14.2 Å². The molecule has 0 spiro atoms. The lowest BCUT2D eigenvalue weighted by Gasteiger charge is -2.35. The molecule has 1 aliphatic rings. The molecule has 1 amide bonds. The molecule has 2 heterocycles. The first-order chi connectivity index (χ1) is 15.9. The maximum Gasteiger partial charge on any atom is 0.336 e. The summed E-state index contributed by atoms with van der Waals surface area (Å²) in [6, 6.07) is 13.3. The summed E-state index contributed by atoms with van der Waals surface area (Å²) in [5.41, 5.74) is 1.79. The van der Waals surface area contributed by atoms with Crippen molar-refractivity contribution >= 4 is 34.3 Å². The van der Waals surface area contributed by atoms with Gasteiger partial charge in [-0.3, -0.25) is 9.69 Å². The summed E-state index contributed by atoms with van der Waals surface area (Å²) in [7, 11) is 1.42. The number of methoxy groups -OCH3 is 1. The number of hydrogen-bond acceptors (Lipinski definition) is 6. The molecule has 2 N–H and O–H groups in total. The zero-order valence-corrected chi connectivity index (χ0v) is 18.3. The number of fused-ring (bicyclic) bond motifs is 1. The second-order valence-corrected chi connectivity index (χ2v) is 7.90. The van der Waals surface area contributed by atoms with Crippen LogP contribution >= 0.6 is 0 Å². The molecule has 1 aromatic heterocycles. The number of hydrogen-bond donors (Lipinski definition) is 2. The number of anilines is 2. The fourth-order valence-electron chi connectivity index (χ4n) is 3.96. The largest absolute Gasteiger partial charge is 0.478 e. The SMILES string of the molecule is COCC(=O)Nc1ccc2nc(N3CCN(Cc4ccccc4F)CC3)cc(C(=O)O)c2c1. The molecule has 8 nitrogen and oxygen atoms in total. The monoisotopic (exact) mass is 452 g/mol. The molecule has 0 bridgehead atoms. The fourth-order valence-corrected chi connectivity index (χ4v) is 3.96. The van der Waals surface area contributed by atoms with E-state index in [1.165, 1.54) is 13.2 Å². The highest BCUT2D eigenvalue weighted by Gasteiger charge is 2.21. The molecule has 0 atom stereocenters. The lowest BCUT2D eigenvalue weighted by atomic mass is 10.1. The Balaban J connectivity index is 1.52. The number of piperazine rings is 1. The van der Waals surface area contributed by atoms with Gasteiger partial charge in [0.25, 0.3) is 0 Å². The highest BCUT2D eigenvalue weighted by molar-refractivity contribution is 6.05. The van der Waals surface area contributed by atoms with Gasteiger partial charge in [0.1, 0.15) is 18.2 Å². The van der Waals surface area contributed by atoms with E-state index in [-0.39, 0.29) is 23.9 Å². The number of halogens is 1. The number of carboxylic acids is 1. The summed E-state index contributed by atoms with van der Waals surface area (Å²) in [5, 5.41) is 12.9. The van der Waals surface area contributed by atoms with Crippen LogP contribution in [0, 0.1) is 5.82 Å². The van der Waals surface area contributed by atoms with E-state index in [1.807, 2.05) is 11.0 Å². The number of rotatable bonds is 7. The van der Waals surface area contributed by atoms with E-state index in [4.69, 9.17) is 4.74 Å². The first-order valence-corrected chi connectivity index (χ1v) is 10.6. The van der Waals surface area contributed by atoms with Gasteiger partial charge in [0.05, 0.1) is 11.1 Å². The predicted molar refractivity (Wildman–Crippen MR) is 123 cm³/mol. The van der Waals surface area contributed by atoms with Gasteiger partial charge >= 0.3 is 5.97 Å². The van der Waals surface area contributed by atoms with Crippen molar-refractivity contribution < 1.29 is 23.8 Å². The van der Waals surface area contributed by atoms with Crippen LogP contribution < -0.4 is 10.2 Å². The zero-order valence-electron chi connectivity index (χ0n) is 18.3. The minimum atomic E-state index is -1.07. The molecule has 1 saturated heterocycles. The second kappa shape index (κ2) is 9.93. The van der Waals surface area contributed by atoms with E-state index in [0.717, 1.165) is 0 Å². The van der Waals surface area contributed by atoms with Gasteiger partial charge in [-0.1, -0.05) is 18.2 Å². The van der Waals surface area contributed by atoms with Gasteiger partial charge in [-0.15, -0.1) is 0 Å². The zero-order chi connectivity index (χ0) is 23.4. The molecular formula is C24H25FN4O4. The molecule has 9 heteroatoms. The van der Waals surface area contributed by atoms with Crippen LogP contribution in [0.2, 0.25) is 0 Å². The van der Waals surface area contributed by atoms with E-state index in [1.54, 1.807) is 36.4 Å². The number of carbonyl (C=O) groups excluding carboxylic acids is 1. The van der Waals surface area contributed by atoms with Crippen LogP contribution in [0.5, 0.6) is 0 Å². The molecule has 33 heavy (non-hydrogen) atoms. The van der Waals surface area contributed by atoms with Gasteiger partial charge < -0.3 is 20.1 Å². The van der Waals surface area contributed by atoms with E-state index >= 15 is 0 Å². The first-order valence-electron chi connectivity index (χ1n) is 10.6. The number of nitrogens with zero attached hydrogens (tertiary/aromatic N) is 3. The molecule has 3 aromatic rings. The Kier molecular flexibility index (Phi) is 6.81. The second-order valence-electron chi connectivity index (χ2n) is 7.90. The third-order valence-corrected chi connectivity index (χ3v) is 5.63. The summed E-state index contributed by atoms with van der Waals surface area (Å²) < 4.78 is 18.8. The number of carboxylic acid groups (broad SMARTS) is 1. The minimum Gasteiger partial charge on any atom is -0.478 e. The normalized spacial score (nSPS) is 14.4. The quantitative estimate of drug-likeness (QED) is 0.569. The summed E-state index contributed by atoms with van der Waals surface area (Å²) in [6.07, 6.45) is 0. The van der Waals surface area contributed by atoms with Crippen molar-refractivity contribution in [3.63, 3.8) is 0 Å². The van der Waals surface area contributed by atoms with Crippen LogP contribution in [0.25, 0.3) is 10.9 Å². The van der Waals surface area contributed by atoms with Gasteiger partial charge in [-0.05, 0) is 30.3 Å². The molecule has 0 unspecified atom stereocenters. The lowest BCUT2D eigenvalue weighted by Crippen LogP contribution is -2.46.